The van der Waals surface area contributed by atoms with Crippen molar-refractivity contribution >= 4 is 12.4 Å². The summed E-state index contributed by atoms with van der Waals surface area (Å²) in [6.45, 7) is 2.24. The number of halogens is 1. The molecule has 1 saturated heterocycles. The summed E-state index contributed by atoms with van der Waals surface area (Å²) in [6, 6.07) is 0.349. The lowest BCUT2D eigenvalue weighted by molar-refractivity contribution is -0.197. The van der Waals surface area contributed by atoms with E-state index in [1.807, 2.05) is 0 Å². The fourth-order valence-corrected chi connectivity index (χ4v) is 1.75. The summed E-state index contributed by atoms with van der Waals surface area (Å²) in [5, 5.41) is 0. The van der Waals surface area contributed by atoms with Crippen LogP contribution >= 0.6 is 12.4 Å². The molecule has 11 heavy (non-hydrogen) atoms. The van der Waals surface area contributed by atoms with Crippen LogP contribution in [0.25, 0.3) is 0 Å². The first-order valence-electron chi connectivity index (χ1n) is 3.78. The molecule has 3 nitrogen and oxygen atoms in total. The molecule has 0 aromatic rings. The summed E-state index contributed by atoms with van der Waals surface area (Å²) < 4.78 is 10.9. The number of nitrogens with two attached hydrogens (primary N) is 1. The SMILES string of the molecule is Cl.NC1CC2(COCCO2)C1. The van der Waals surface area contributed by atoms with Gasteiger partial charge in [-0.1, -0.05) is 0 Å². The zero-order chi connectivity index (χ0) is 7.03. The predicted octanol–water partition coefficient (Wildman–Crippen LogP) is 0.315. The fourth-order valence-electron chi connectivity index (χ4n) is 1.75. The first kappa shape index (κ1) is 9.26. The molecule has 0 atom stereocenters. The lowest BCUT2D eigenvalue weighted by Crippen LogP contribution is -2.58. The van der Waals surface area contributed by atoms with Crippen LogP contribution in [0.1, 0.15) is 12.8 Å². The minimum atomic E-state index is 0. The molecule has 2 aliphatic rings. The van der Waals surface area contributed by atoms with Gasteiger partial charge >= 0.3 is 0 Å². The minimum absolute atomic E-state index is 0. The van der Waals surface area contributed by atoms with Crippen molar-refractivity contribution in [3.05, 3.63) is 0 Å². The molecule has 0 aromatic heterocycles. The summed E-state index contributed by atoms with van der Waals surface area (Å²) >= 11 is 0. The third-order valence-electron chi connectivity index (χ3n) is 2.27. The van der Waals surface area contributed by atoms with Crippen molar-refractivity contribution in [2.24, 2.45) is 5.73 Å². The molecule has 1 spiro atoms. The first-order valence-corrected chi connectivity index (χ1v) is 3.78. The second kappa shape index (κ2) is 3.27. The molecule has 2 fully saturated rings. The van der Waals surface area contributed by atoms with E-state index in [-0.39, 0.29) is 18.0 Å². The van der Waals surface area contributed by atoms with Gasteiger partial charge in [-0.15, -0.1) is 12.4 Å². The van der Waals surface area contributed by atoms with Gasteiger partial charge in [-0.05, 0) is 12.8 Å². The molecule has 1 heterocycles. The third kappa shape index (κ3) is 1.67. The Hall–Kier alpha value is 0.170. The molecule has 4 heteroatoms. The molecule has 2 N–H and O–H groups in total. The summed E-state index contributed by atoms with van der Waals surface area (Å²) in [5.74, 6) is 0. The number of hydrogen-bond donors (Lipinski definition) is 1. The van der Waals surface area contributed by atoms with E-state index in [0.29, 0.717) is 6.04 Å². The molecular weight excluding hydrogens is 166 g/mol. The second-order valence-corrected chi connectivity index (χ2v) is 3.25. The van der Waals surface area contributed by atoms with Crippen LogP contribution in [-0.2, 0) is 9.47 Å². The molecule has 0 bridgehead atoms. The highest BCUT2D eigenvalue weighted by Crippen LogP contribution is 2.36. The monoisotopic (exact) mass is 179 g/mol. The van der Waals surface area contributed by atoms with Crippen molar-refractivity contribution < 1.29 is 9.47 Å². The van der Waals surface area contributed by atoms with Gasteiger partial charge in [0, 0.05) is 6.04 Å². The Morgan fingerprint density at radius 2 is 2.00 bits per heavy atom. The van der Waals surface area contributed by atoms with Crippen LogP contribution in [0.4, 0.5) is 0 Å². The molecule has 1 saturated carbocycles. The zero-order valence-corrected chi connectivity index (χ0v) is 7.23. The van der Waals surface area contributed by atoms with Crippen LogP contribution in [0.3, 0.4) is 0 Å². The van der Waals surface area contributed by atoms with Gasteiger partial charge in [0.2, 0.25) is 0 Å². The Bertz CT molecular complexity index is 121. The van der Waals surface area contributed by atoms with Gasteiger partial charge in [-0.25, -0.2) is 0 Å². The average Bonchev–Trinajstić information content (AvgIpc) is 1.87. The second-order valence-electron chi connectivity index (χ2n) is 3.25. The van der Waals surface area contributed by atoms with Gasteiger partial charge in [-0.2, -0.15) is 0 Å². The van der Waals surface area contributed by atoms with Gasteiger partial charge in [-0.3, -0.25) is 0 Å². The molecule has 0 radical (unpaired) electrons. The normalized spacial score (nSPS) is 42.8. The van der Waals surface area contributed by atoms with Gasteiger partial charge in [0.1, 0.15) is 0 Å². The highest BCUT2D eigenvalue weighted by Gasteiger charge is 2.45. The van der Waals surface area contributed by atoms with Crippen molar-refractivity contribution in [1.82, 2.24) is 0 Å². The maximum absolute atomic E-state index is 5.65. The lowest BCUT2D eigenvalue weighted by Gasteiger charge is -2.47. The van der Waals surface area contributed by atoms with E-state index in [1.54, 1.807) is 0 Å². The molecule has 1 aliphatic heterocycles. The topological polar surface area (TPSA) is 44.5 Å². The van der Waals surface area contributed by atoms with E-state index in [2.05, 4.69) is 0 Å². The van der Waals surface area contributed by atoms with Crippen molar-refractivity contribution in [2.45, 2.75) is 24.5 Å². The molecular formula is C7H14ClNO2. The summed E-state index contributed by atoms with van der Waals surface area (Å²) in [6.07, 6.45) is 1.96. The van der Waals surface area contributed by atoms with Crippen LogP contribution in [0.2, 0.25) is 0 Å². The quantitative estimate of drug-likeness (QED) is 0.583. The van der Waals surface area contributed by atoms with Crippen LogP contribution < -0.4 is 5.73 Å². The lowest BCUT2D eigenvalue weighted by atomic mass is 9.76. The molecule has 1 aliphatic carbocycles. The molecule has 0 aromatic carbocycles. The van der Waals surface area contributed by atoms with E-state index < -0.39 is 0 Å². The van der Waals surface area contributed by atoms with Crippen molar-refractivity contribution in [3.8, 4) is 0 Å². The van der Waals surface area contributed by atoms with Gasteiger partial charge < -0.3 is 15.2 Å². The first-order chi connectivity index (χ1) is 4.81. The molecule has 2 rings (SSSR count). The highest BCUT2D eigenvalue weighted by molar-refractivity contribution is 5.85. The van der Waals surface area contributed by atoms with E-state index in [1.165, 1.54) is 0 Å². The van der Waals surface area contributed by atoms with Gasteiger partial charge in [0.15, 0.2) is 0 Å². The third-order valence-corrected chi connectivity index (χ3v) is 2.27. The molecule has 66 valence electrons. The van der Waals surface area contributed by atoms with Gasteiger partial charge in [0.25, 0.3) is 0 Å². The number of rotatable bonds is 0. The summed E-state index contributed by atoms with van der Waals surface area (Å²) in [4.78, 5) is 0. The van der Waals surface area contributed by atoms with Crippen molar-refractivity contribution in [3.63, 3.8) is 0 Å². The Balaban J connectivity index is 0.000000605. The van der Waals surface area contributed by atoms with E-state index in [0.717, 1.165) is 32.7 Å². The maximum atomic E-state index is 5.65. The van der Waals surface area contributed by atoms with Crippen LogP contribution in [0.15, 0.2) is 0 Å². The summed E-state index contributed by atoms with van der Waals surface area (Å²) in [5.41, 5.74) is 5.67. The van der Waals surface area contributed by atoms with Crippen molar-refractivity contribution in [2.75, 3.05) is 19.8 Å². The highest BCUT2D eigenvalue weighted by atomic mass is 35.5. The minimum Gasteiger partial charge on any atom is -0.376 e. The number of hydrogen-bond acceptors (Lipinski definition) is 3. The standard InChI is InChI=1S/C7H13NO2.ClH/c8-6-3-7(4-6)5-9-1-2-10-7;/h6H,1-5,8H2;1H. The summed E-state index contributed by atoms with van der Waals surface area (Å²) in [7, 11) is 0. The smallest absolute Gasteiger partial charge is 0.0945 e. The Morgan fingerprint density at radius 1 is 1.27 bits per heavy atom. The van der Waals surface area contributed by atoms with Gasteiger partial charge in [0.05, 0.1) is 25.4 Å². The van der Waals surface area contributed by atoms with E-state index in [9.17, 15) is 0 Å². The van der Waals surface area contributed by atoms with Crippen LogP contribution in [0, 0.1) is 0 Å². The Labute approximate surface area is 72.6 Å². The number of ether oxygens (including phenoxy) is 2. The Kier molecular flexibility index (Phi) is 2.75. The van der Waals surface area contributed by atoms with E-state index in [4.69, 9.17) is 15.2 Å². The van der Waals surface area contributed by atoms with Crippen LogP contribution in [0.5, 0.6) is 0 Å². The zero-order valence-electron chi connectivity index (χ0n) is 6.41. The molecule has 0 unspecified atom stereocenters. The van der Waals surface area contributed by atoms with E-state index >= 15 is 0 Å². The predicted molar refractivity (Wildman–Crippen MR) is 44.0 cm³/mol. The average molecular weight is 180 g/mol. The fraction of sp³-hybridized carbons (Fsp3) is 1.00. The molecule has 0 amide bonds. The largest absolute Gasteiger partial charge is 0.376 e. The Morgan fingerprint density at radius 3 is 2.45 bits per heavy atom. The maximum Gasteiger partial charge on any atom is 0.0945 e. The van der Waals surface area contributed by atoms with Crippen LogP contribution in [-0.4, -0.2) is 31.5 Å². The van der Waals surface area contributed by atoms with Crippen molar-refractivity contribution in [1.29, 1.82) is 0 Å².